The van der Waals surface area contributed by atoms with Crippen LogP contribution in [0.2, 0.25) is 0 Å². The summed E-state index contributed by atoms with van der Waals surface area (Å²) in [6.45, 7) is 0. The third-order valence-electron chi connectivity index (χ3n) is 3.28. The van der Waals surface area contributed by atoms with Crippen LogP contribution < -0.4 is 0 Å². The highest BCUT2D eigenvalue weighted by atomic mass is 35.5. The van der Waals surface area contributed by atoms with Crippen molar-refractivity contribution in [1.29, 1.82) is 5.41 Å². The van der Waals surface area contributed by atoms with Crippen LogP contribution in [-0.4, -0.2) is 21.8 Å². The lowest BCUT2D eigenvalue weighted by atomic mass is 9.86. The van der Waals surface area contributed by atoms with Crippen molar-refractivity contribution in [2.75, 3.05) is 0 Å². The summed E-state index contributed by atoms with van der Waals surface area (Å²) in [7, 11) is 0. The van der Waals surface area contributed by atoms with Crippen LogP contribution in [0.4, 0.5) is 0 Å². The van der Waals surface area contributed by atoms with Crippen LogP contribution in [0.3, 0.4) is 0 Å². The molecule has 2 aliphatic rings. The smallest absolute Gasteiger partial charge is 0.106 e. The topological polar surface area (TPSA) is 44.1 Å². The highest BCUT2D eigenvalue weighted by Gasteiger charge is 2.38. The van der Waals surface area contributed by atoms with E-state index in [9.17, 15) is 5.11 Å². The second-order valence-electron chi connectivity index (χ2n) is 4.37. The lowest BCUT2D eigenvalue weighted by Gasteiger charge is -2.27. The van der Waals surface area contributed by atoms with Crippen LogP contribution in [-0.2, 0) is 0 Å². The van der Waals surface area contributed by atoms with E-state index in [2.05, 4.69) is 0 Å². The molecule has 0 aromatic rings. The van der Waals surface area contributed by atoms with Gasteiger partial charge in [0.25, 0.3) is 0 Å². The molecule has 0 radical (unpaired) electrons. The normalized spacial score (nSPS) is 28.9. The largest absolute Gasteiger partial charge is 0.384 e. The van der Waals surface area contributed by atoms with Crippen LogP contribution >= 0.6 is 11.6 Å². The monoisotopic (exact) mass is 225 g/mol. The summed E-state index contributed by atoms with van der Waals surface area (Å²) < 4.78 is 0. The molecule has 1 atom stereocenters. The first-order chi connectivity index (χ1) is 7.13. The van der Waals surface area contributed by atoms with Crippen LogP contribution in [0.1, 0.15) is 32.1 Å². The van der Waals surface area contributed by atoms with Gasteiger partial charge in [0.1, 0.15) is 5.60 Å². The zero-order chi connectivity index (χ0) is 10.9. The van der Waals surface area contributed by atoms with Crippen molar-refractivity contribution >= 4 is 17.3 Å². The molecule has 1 unspecified atom stereocenters. The zero-order valence-corrected chi connectivity index (χ0v) is 9.43. The summed E-state index contributed by atoms with van der Waals surface area (Å²) in [4.78, 5) is 0. The van der Waals surface area contributed by atoms with E-state index in [1.54, 1.807) is 0 Å². The summed E-state index contributed by atoms with van der Waals surface area (Å²) in [6, 6.07) is 0. The first-order valence-corrected chi connectivity index (χ1v) is 5.90. The molecule has 0 spiro atoms. The van der Waals surface area contributed by atoms with Crippen LogP contribution in [0.5, 0.6) is 0 Å². The molecule has 15 heavy (non-hydrogen) atoms. The molecule has 82 valence electrons. The van der Waals surface area contributed by atoms with Gasteiger partial charge in [-0.2, -0.15) is 0 Å². The first kappa shape index (κ1) is 10.9. The summed E-state index contributed by atoms with van der Waals surface area (Å²) in [5.74, 6) is 0. The molecule has 2 rings (SSSR count). The van der Waals surface area contributed by atoms with Crippen LogP contribution in [0, 0.1) is 5.41 Å². The Morgan fingerprint density at radius 3 is 2.73 bits per heavy atom. The van der Waals surface area contributed by atoms with Gasteiger partial charge in [0, 0.05) is 0 Å². The average molecular weight is 226 g/mol. The fourth-order valence-corrected chi connectivity index (χ4v) is 2.60. The maximum atomic E-state index is 10.3. The van der Waals surface area contributed by atoms with E-state index in [0.717, 1.165) is 24.8 Å². The Morgan fingerprint density at radius 1 is 1.47 bits per heavy atom. The molecule has 0 aromatic heterocycles. The number of halogens is 1. The molecule has 2 N–H and O–H groups in total. The Balaban J connectivity index is 2.20. The van der Waals surface area contributed by atoms with Gasteiger partial charge in [0.15, 0.2) is 0 Å². The zero-order valence-electron chi connectivity index (χ0n) is 8.67. The number of hydrogen-bond donors (Lipinski definition) is 2. The Bertz CT molecular complexity index is 327. The minimum absolute atomic E-state index is 0.146. The van der Waals surface area contributed by atoms with Crippen molar-refractivity contribution in [2.45, 2.75) is 43.1 Å². The third kappa shape index (κ3) is 2.01. The molecule has 0 amide bonds. The molecule has 1 fully saturated rings. The van der Waals surface area contributed by atoms with Gasteiger partial charge in [0.2, 0.25) is 0 Å². The fraction of sp³-hybridized carbons (Fsp3) is 0.583. The molecule has 0 aliphatic heterocycles. The van der Waals surface area contributed by atoms with Crippen molar-refractivity contribution < 1.29 is 5.11 Å². The van der Waals surface area contributed by atoms with Gasteiger partial charge in [0.05, 0.1) is 11.1 Å². The van der Waals surface area contributed by atoms with E-state index in [0.29, 0.717) is 18.6 Å². The van der Waals surface area contributed by atoms with Gasteiger partial charge in [-0.1, -0.05) is 31.1 Å². The number of nitrogens with one attached hydrogen (secondary N) is 1. The minimum Gasteiger partial charge on any atom is -0.384 e. The molecule has 0 heterocycles. The highest BCUT2D eigenvalue weighted by molar-refractivity contribution is 6.27. The van der Waals surface area contributed by atoms with Crippen LogP contribution in [0.25, 0.3) is 0 Å². The number of allylic oxidation sites excluding steroid dienone is 3. The highest BCUT2D eigenvalue weighted by Crippen LogP contribution is 2.35. The number of rotatable bonds is 2. The number of alkyl halides is 1. The molecular formula is C12H16ClNO. The van der Waals surface area contributed by atoms with Crippen molar-refractivity contribution in [3.05, 3.63) is 23.8 Å². The molecule has 2 nitrogen and oxygen atoms in total. The number of hydrogen-bond acceptors (Lipinski definition) is 2. The van der Waals surface area contributed by atoms with Gasteiger partial charge < -0.3 is 10.5 Å². The molecular weight excluding hydrogens is 210 g/mol. The molecule has 0 saturated heterocycles. The van der Waals surface area contributed by atoms with Crippen molar-refractivity contribution in [3.8, 4) is 0 Å². The van der Waals surface area contributed by atoms with Crippen molar-refractivity contribution in [2.24, 2.45) is 0 Å². The Hall–Kier alpha value is -0.600. The quantitative estimate of drug-likeness (QED) is 0.551. The lowest BCUT2D eigenvalue weighted by Crippen LogP contribution is -2.38. The maximum Gasteiger partial charge on any atom is 0.106 e. The minimum atomic E-state index is -0.913. The number of aliphatic hydroxyl groups is 1. The van der Waals surface area contributed by atoms with Gasteiger partial charge in [-0.25, -0.2) is 0 Å². The lowest BCUT2D eigenvalue weighted by molar-refractivity contribution is 0.119. The second kappa shape index (κ2) is 4.11. The van der Waals surface area contributed by atoms with Gasteiger partial charge in [-0.3, -0.25) is 0 Å². The van der Waals surface area contributed by atoms with E-state index in [1.165, 1.54) is 0 Å². The summed E-state index contributed by atoms with van der Waals surface area (Å²) in [6.07, 6.45) is 9.96. The average Bonchev–Trinajstić information content (AvgIpc) is 2.66. The van der Waals surface area contributed by atoms with E-state index < -0.39 is 5.60 Å². The maximum absolute atomic E-state index is 10.3. The van der Waals surface area contributed by atoms with E-state index >= 15 is 0 Å². The van der Waals surface area contributed by atoms with Crippen LogP contribution in [0.15, 0.2) is 23.8 Å². The van der Waals surface area contributed by atoms with Crippen molar-refractivity contribution in [3.63, 3.8) is 0 Å². The summed E-state index contributed by atoms with van der Waals surface area (Å²) >= 11 is 6.15. The first-order valence-electron chi connectivity index (χ1n) is 5.46. The Labute approximate surface area is 95.1 Å². The van der Waals surface area contributed by atoms with Gasteiger partial charge >= 0.3 is 0 Å². The molecule has 3 heteroatoms. The fourth-order valence-electron chi connectivity index (χ4n) is 2.32. The Kier molecular flexibility index (Phi) is 2.98. The predicted molar refractivity (Wildman–Crippen MR) is 62.6 cm³/mol. The Morgan fingerprint density at radius 2 is 2.13 bits per heavy atom. The summed E-state index contributed by atoms with van der Waals surface area (Å²) in [5, 5.41) is 18.2. The SMILES string of the molecule is N=C(C1=CC=CCC1Cl)C1(O)CCCC1. The van der Waals surface area contributed by atoms with Gasteiger partial charge in [-0.15, -0.1) is 11.6 Å². The summed E-state index contributed by atoms with van der Waals surface area (Å²) in [5.41, 5.74) is 0.220. The molecule has 1 saturated carbocycles. The van der Waals surface area contributed by atoms with E-state index in [4.69, 9.17) is 17.0 Å². The second-order valence-corrected chi connectivity index (χ2v) is 4.89. The van der Waals surface area contributed by atoms with E-state index in [-0.39, 0.29) is 5.38 Å². The van der Waals surface area contributed by atoms with E-state index in [1.807, 2.05) is 18.2 Å². The van der Waals surface area contributed by atoms with Gasteiger partial charge in [-0.05, 0) is 24.8 Å². The molecule has 0 aromatic carbocycles. The third-order valence-corrected chi connectivity index (χ3v) is 3.69. The van der Waals surface area contributed by atoms with Crippen molar-refractivity contribution in [1.82, 2.24) is 0 Å². The standard InChI is InChI=1S/C12H16ClNO/c13-10-6-2-1-5-9(10)11(14)12(15)7-3-4-8-12/h1-2,5,10,14-15H,3-4,6-8H2. The molecule has 0 bridgehead atoms. The predicted octanol–water partition coefficient (Wildman–Crippen LogP) is 2.80. The molecule has 2 aliphatic carbocycles.